The smallest absolute Gasteiger partial charge is 0.306 e. The number of rotatable bonds is 7. The number of sulfonamides is 1. The fourth-order valence-corrected chi connectivity index (χ4v) is 2.60. The molecular formula is C11H15F2N3O4S. The molecule has 1 aromatic carbocycles. The van der Waals surface area contributed by atoms with Crippen molar-refractivity contribution >= 4 is 15.7 Å². The molecule has 0 saturated heterocycles. The minimum absolute atomic E-state index is 0.0366. The van der Waals surface area contributed by atoms with Gasteiger partial charge in [-0.25, -0.2) is 17.5 Å². The minimum Gasteiger partial charge on any atom is -0.313 e. The van der Waals surface area contributed by atoms with Crippen molar-refractivity contribution in [1.82, 2.24) is 10.0 Å². The van der Waals surface area contributed by atoms with E-state index in [-0.39, 0.29) is 18.7 Å². The van der Waals surface area contributed by atoms with E-state index >= 15 is 0 Å². The average Bonchev–Trinajstić information content (AvgIpc) is 2.33. The second kappa shape index (κ2) is 6.87. The molecule has 0 spiro atoms. The molecule has 21 heavy (non-hydrogen) atoms. The summed E-state index contributed by atoms with van der Waals surface area (Å²) in [6.07, 6.45) is 0. The Hall–Kier alpha value is -1.65. The zero-order valence-electron chi connectivity index (χ0n) is 11.4. The Kier molecular flexibility index (Phi) is 5.70. The molecule has 118 valence electrons. The number of benzene rings is 1. The van der Waals surface area contributed by atoms with E-state index in [4.69, 9.17) is 0 Å². The van der Waals surface area contributed by atoms with Crippen molar-refractivity contribution in [2.45, 2.75) is 24.8 Å². The average molecular weight is 323 g/mol. The fourth-order valence-electron chi connectivity index (χ4n) is 1.49. The molecule has 0 aliphatic rings. The standard InChI is InChI=1S/C11H15F2N3O4S/c1-7(2)14-3-4-15-21(19,20)11-6-10(16(17)18)8(12)5-9(11)13/h5-7,14-15H,3-4H2,1-2H3. The second-order valence-electron chi connectivity index (χ2n) is 4.50. The number of halogens is 2. The fraction of sp³-hybridized carbons (Fsp3) is 0.455. The van der Waals surface area contributed by atoms with Crippen molar-refractivity contribution in [3.63, 3.8) is 0 Å². The molecule has 0 aromatic heterocycles. The molecule has 0 aliphatic heterocycles. The normalized spacial score (nSPS) is 11.9. The van der Waals surface area contributed by atoms with Gasteiger partial charge in [-0.2, -0.15) is 4.39 Å². The summed E-state index contributed by atoms with van der Waals surface area (Å²) < 4.78 is 52.5. The van der Waals surface area contributed by atoms with Gasteiger partial charge in [0.2, 0.25) is 15.8 Å². The summed E-state index contributed by atoms with van der Waals surface area (Å²) in [5.74, 6) is -2.82. The predicted molar refractivity (Wildman–Crippen MR) is 71.3 cm³/mol. The van der Waals surface area contributed by atoms with Crippen LogP contribution in [-0.2, 0) is 10.0 Å². The van der Waals surface area contributed by atoms with Crippen LogP contribution in [-0.4, -0.2) is 32.5 Å². The lowest BCUT2D eigenvalue weighted by atomic mass is 10.3. The van der Waals surface area contributed by atoms with Crippen molar-refractivity contribution in [1.29, 1.82) is 0 Å². The maximum atomic E-state index is 13.5. The zero-order chi connectivity index (χ0) is 16.2. The summed E-state index contributed by atoms with van der Waals surface area (Å²) in [6, 6.07) is 0.681. The Balaban J connectivity index is 2.97. The molecule has 0 saturated carbocycles. The molecule has 0 bridgehead atoms. The van der Waals surface area contributed by atoms with Crippen molar-refractivity contribution in [3.8, 4) is 0 Å². The number of nitrogens with zero attached hydrogens (tertiary/aromatic N) is 1. The molecule has 1 rings (SSSR count). The summed E-state index contributed by atoms with van der Waals surface area (Å²) in [5, 5.41) is 13.5. The van der Waals surface area contributed by atoms with Gasteiger partial charge < -0.3 is 5.32 Å². The van der Waals surface area contributed by atoms with Crippen LogP contribution in [0, 0.1) is 21.7 Å². The van der Waals surface area contributed by atoms with Crippen molar-refractivity contribution in [2.75, 3.05) is 13.1 Å². The molecule has 2 N–H and O–H groups in total. The van der Waals surface area contributed by atoms with Gasteiger partial charge in [-0.05, 0) is 0 Å². The highest BCUT2D eigenvalue weighted by Crippen LogP contribution is 2.24. The molecule has 7 nitrogen and oxygen atoms in total. The number of nitro benzene ring substituents is 1. The molecule has 0 radical (unpaired) electrons. The SMILES string of the molecule is CC(C)NCCNS(=O)(=O)c1cc([N+](=O)[O-])c(F)cc1F. The highest BCUT2D eigenvalue weighted by Gasteiger charge is 2.26. The number of nitrogens with one attached hydrogen (secondary N) is 2. The van der Waals surface area contributed by atoms with Gasteiger partial charge in [0.25, 0.3) is 0 Å². The van der Waals surface area contributed by atoms with Crippen LogP contribution in [0.4, 0.5) is 14.5 Å². The highest BCUT2D eigenvalue weighted by molar-refractivity contribution is 7.89. The maximum Gasteiger partial charge on any atom is 0.306 e. The molecule has 0 atom stereocenters. The van der Waals surface area contributed by atoms with Crippen LogP contribution in [0.1, 0.15) is 13.8 Å². The Morgan fingerprint density at radius 2 is 1.86 bits per heavy atom. The van der Waals surface area contributed by atoms with E-state index in [0.717, 1.165) is 0 Å². The van der Waals surface area contributed by atoms with E-state index in [1.165, 1.54) is 0 Å². The van der Waals surface area contributed by atoms with E-state index < -0.39 is 37.2 Å². The van der Waals surface area contributed by atoms with Gasteiger partial charge in [0.05, 0.1) is 4.92 Å². The van der Waals surface area contributed by atoms with Crippen LogP contribution in [0.2, 0.25) is 0 Å². The monoisotopic (exact) mass is 323 g/mol. The quantitative estimate of drug-likeness (QED) is 0.445. The summed E-state index contributed by atoms with van der Waals surface area (Å²) >= 11 is 0. The first kappa shape index (κ1) is 17.4. The second-order valence-corrected chi connectivity index (χ2v) is 6.23. The van der Waals surface area contributed by atoms with Crippen molar-refractivity contribution in [2.24, 2.45) is 0 Å². The third-order valence-corrected chi connectivity index (χ3v) is 3.93. The molecule has 0 amide bonds. The lowest BCUT2D eigenvalue weighted by Gasteiger charge is -2.10. The van der Waals surface area contributed by atoms with E-state index in [2.05, 4.69) is 10.0 Å². The largest absolute Gasteiger partial charge is 0.313 e. The Morgan fingerprint density at radius 3 is 2.38 bits per heavy atom. The Morgan fingerprint density at radius 1 is 1.24 bits per heavy atom. The van der Waals surface area contributed by atoms with Crippen LogP contribution >= 0.6 is 0 Å². The van der Waals surface area contributed by atoms with Crippen molar-refractivity contribution in [3.05, 3.63) is 33.9 Å². The van der Waals surface area contributed by atoms with Crippen molar-refractivity contribution < 1.29 is 22.1 Å². The summed E-state index contributed by atoms with van der Waals surface area (Å²) in [5.41, 5.74) is -1.10. The molecule has 0 unspecified atom stereocenters. The van der Waals surface area contributed by atoms with Crippen LogP contribution in [0.15, 0.2) is 17.0 Å². The van der Waals surface area contributed by atoms with Gasteiger partial charge in [0, 0.05) is 31.3 Å². The van der Waals surface area contributed by atoms with E-state index in [1.54, 1.807) is 0 Å². The third kappa shape index (κ3) is 4.69. The first-order valence-electron chi connectivity index (χ1n) is 6.01. The van der Waals surface area contributed by atoms with Gasteiger partial charge in [0.1, 0.15) is 10.7 Å². The van der Waals surface area contributed by atoms with Crippen LogP contribution in [0.5, 0.6) is 0 Å². The van der Waals surface area contributed by atoms with E-state index in [0.29, 0.717) is 12.6 Å². The Labute approximate surface area is 120 Å². The summed E-state index contributed by atoms with van der Waals surface area (Å²) in [6.45, 7) is 3.97. The minimum atomic E-state index is -4.30. The van der Waals surface area contributed by atoms with Gasteiger partial charge in [-0.1, -0.05) is 13.8 Å². The highest BCUT2D eigenvalue weighted by atomic mass is 32.2. The molecule has 1 aromatic rings. The summed E-state index contributed by atoms with van der Waals surface area (Å²) in [7, 11) is -4.30. The number of hydrogen-bond donors (Lipinski definition) is 2. The first-order valence-corrected chi connectivity index (χ1v) is 7.50. The van der Waals surface area contributed by atoms with Gasteiger partial charge >= 0.3 is 5.69 Å². The van der Waals surface area contributed by atoms with Gasteiger partial charge in [-0.15, -0.1) is 0 Å². The zero-order valence-corrected chi connectivity index (χ0v) is 12.2. The molecule has 10 heteroatoms. The Bertz CT molecular complexity index is 635. The molecular weight excluding hydrogens is 308 g/mol. The molecule has 0 aliphatic carbocycles. The maximum absolute atomic E-state index is 13.5. The van der Waals surface area contributed by atoms with Crippen LogP contribution in [0.3, 0.4) is 0 Å². The first-order chi connectivity index (χ1) is 9.65. The number of nitro groups is 1. The predicted octanol–water partition coefficient (Wildman–Crippen LogP) is 1.15. The molecule has 0 heterocycles. The topological polar surface area (TPSA) is 101 Å². The van der Waals surface area contributed by atoms with Crippen LogP contribution < -0.4 is 10.0 Å². The van der Waals surface area contributed by atoms with Gasteiger partial charge in [-0.3, -0.25) is 10.1 Å². The van der Waals surface area contributed by atoms with Crippen LogP contribution in [0.25, 0.3) is 0 Å². The van der Waals surface area contributed by atoms with Gasteiger partial charge in [0.15, 0.2) is 0 Å². The lowest BCUT2D eigenvalue weighted by Crippen LogP contribution is -2.35. The molecule has 0 fully saturated rings. The number of hydrogen-bond acceptors (Lipinski definition) is 5. The van der Waals surface area contributed by atoms with E-state index in [9.17, 15) is 27.3 Å². The third-order valence-electron chi connectivity index (χ3n) is 2.46. The lowest BCUT2D eigenvalue weighted by molar-refractivity contribution is -0.387. The summed E-state index contributed by atoms with van der Waals surface area (Å²) in [4.78, 5) is 8.49. The van der Waals surface area contributed by atoms with E-state index in [1.807, 2.05) is 13.8 Å².